The summed E-state index contributed by atoms with van der Waals surface area (Å²) in [5.41, 5.74) is 0.0392. The van der Waals surface area contributed by atoms with Crippen molar-refractivity contribution in [1.29, 1.82) is 0 Å². The van der Waals surface area contributed by atoms with Gasteiger partial charge in [-0.15, -0.1) is 0 Å². The monoisotopic (exact) mass is 264 g/mol. The van der Waals surface area contributed by atoms with Crippen LogP contribution in [0.15, 0.2) is 11.0 Å². The van der Waals surface area contributed by atoms with Crippen LogP contribution in [-0.2, 0) is 0 Å². The number of aromatic nitrogens is 2. The highest BCUT2D eigenvalue weighted by molar-refractivity contribution is 5.92. The van der Waals surface area contributed by atoms with Gasteiger partial charge >= 0.3 is 5.69 Å². The smallest absolute Gasteiger partial charge is 0.323 e. The molecule has 19 heavy (non-hydrogen) atoms. The van der Waals surface area contributed by atoms with Gasteiger partial charge in [0, 0.05) is 25.3 Å². The number of carbonyl (C=O) groups is 1. The molecule has 3 rings (SSSR count). The van der Waals surface area contributed by atoms with E-state index in [1.54, 1.807) is 0 Å². The molecule has 104 valence electrons. The molecule has 0 aromatic carbocycles. The van der Waals surface area contributed by atoms with Crippen LogP contribution in [-0.4, -0.2) is 46.5 Å². The third-order valence-electron chi connectivity index (χ3n) is 3.89. The van der Waals surface area contributed by atoms with E-state index in [2.05, 4.69) is 15.3 Å². The van der Waals surface area contributed by atoms with E-state index in [1.165, 1.54) is 25.5 Å². The Hall–Kier alpha value is -1.56. The maximum atomic E-state index is 12.4. The van der Waals surface area contributed by atoms with Crippen molar-refractivity contribution >= 4 is 5.91 Å². The zero-order chi connectivity index (χ0) is 13.2. The summed E-state index contributed by atoms with van der Waals surface area (Å²) >= 11 is 0. The molecule has 1 amide bonds. The van der Waals surface area contributed by atoms with E-state index in [9.17, 15) is 9.59 Å². The summed E-state index contributed by atoms with van der Waals surface area (Å²) < 4.78 is 0. The topological polar surface area (TPSA) is 81.0 Å². The Morgan fingerprint density at radius 3 is 2.74 bits per heavy atom. The third-order valence-corrected chi connectivity index (χ3v) is 3.89. The van der Waals surface area contributed by atoms with Crippen LogP contribution in [0.2, 0.25) is 0 Å². The quantitative estimate of drug-likeness (QED) is 0.716. The first-order valence-corrected chi connectivity index (χ1v) is 7.03. The summed E-state index contributed by atoms with van der Waals surface area (Å²) in [6.45, 7) is 2.59. The number of rotatable bonds is 5. The summed E-state index contributed by atoms with van der Waals surface area (Å²) in [7, 11) is 0. The minimum absolute atomic E-state index is 0.0704. The van der Waals surface area contributed by atoms with Crippen molar-refractivity contribution in [1.82, 2.24) is 20.2 Å². The number of aromatic amines is 2. The van der Waals surface area contributed by atoms with Gasteiger partial charge in [-0.3, -0.25) is 4.79 Å². The zero-order valence-corrected chi connectivity index (χ0v) is 10.9. The molecule has 6 heteroatoms. The normalized spacial score (nSPS) is 22.6. The van der Waals surface area contributed by atoms with Crippen LogP contribution >= 0.6 is 0 Å². The number of imidazole rings is 1. The molecule has 1 aromatic heterocycles. The second-order valence-electron chi connectivity index (χ2n) is 5.60. The fourth-order valence-electron chi connectivity index (χ4n) is 2.65. The van der Waals surface area contributed by atoms with Crippen molar-refractivity contribution in [2.75, 3.05) is 19.6 Å². The molecule has 0 bridgehead atoms. The van der Waals surface area contributed by atoms with Gasteiger partial charge in [-0.05, 0) is 38.1 Å². The van der Waals surface area contributed by atoms with Crippen LogP contribution in [0.3, 0.4) is 0 Å². The molecule has 0 radical (unpaired) electrons. The highest BCUT2D eigenvalue weighted by atomic mass is 16.2. The minimum Gasteiger partial charge on any atom is -0.335 e. The van der Waals surface area contributed by atoms with Crippen LogP contribution in [0.25, 0.3) is 0 Å². The van der Waals surface area contributed by atoms with Crippen LogP contribution in [0.5, 0.6) is 0 Å². The van der Waals surface area contributed by atoms with E-state index >= 15 is 0 Å². The number of hydrogen-bond donors (Lipinski definition) is 3. The van der Waals surface area contributed by atoms with Gasteiger partial charge in [0.2, 0.25) is 0 Å². The highest BCUT2D eigenvalue weighted by Crippen LogP contribution is 2.30. The molecule has 1 saturated heterocycles. The van der Waals surface area contributed by atoms with Crippen LogP contribution in [0, 0.1) is 5.92 Å². The Kier molecular flexibility index (Phi) is 3.42. The van der Waals surface area contributed by atoms with Crippen molar-refractivity contribution in [2.45, 2.75) is 31.7 Å². The van der Waals surface area contributed by atoms with Gasteiger partial charge in [-0.2, -0.15) is 0 Å². The molecule has 6 nitrogen and oxygen atoms in total. The summed E-state index contributed by atoms with van der Waals surface area (Å²) in [4.78, 5) is 30.5. The lowest BCUT2D eigenvalue weighted by atomic mass is 10.2. The van der Waals surface area contributed by atoms with Crippen LogP contribution in [0.4, 0.5) is 0 Å². The molecular formula is C13H20N4O2. The molecule has 2 fully saturated rings. The molecule has 1 atom stereocenters. The summed E-state index contributed by atoms with van der Waals surface area (Å²) in [6, 6.07) is 0.397. The molecule has 1 saturated carbocycles. The Morgan fingerprint density at radius 2 is 2.16 bits per heavy atom. The predicted molar refractivity (Wildman–Crippen MR) is 71.1 cm³/mol. The number of hydrogen-bond acceptors (Lipinski definition) is 3. The largest absolute Gasteiger partial charge is 0.335 e. The first-order valence-electron chi connectivity index (χ1n) is 7.03. The average Bonchev–Trinajstić information content (AvgIpc) is 2.89. The van der Waals surface area contributed by atoms with Gasteiger partial charge in [0.15, 0.2) is 0 Å². The number of carbonyl (C=O) groups excluding carboxylic acids is 1. The number of nitrogens with zero attached hydrogens (tertiary/aromatic N) is 1. The molecule has 3 N–H and O–H groups in total. The van der Waals surface area contributed by atoms with Gasteiger partial charge in [0.1, 0.15) is 5.69 Å². The Morgan fingerprint density at radius 1 is 1.32 bits per heavy atom. The maximum Gasteiger partial charge on any atom is 0.323 e. The van der Waals surface area contributed by atoms with E-state index in [1.807, 2.05) is 4.90 Å². The second-order valence-corrected chi connectivity index (χ2v) is 5.60. The standard InChI is InChI=1S/C13H20N4O2/c18-12(11-6-15-13(19)16-11)17(7-9-3-4-9)8-10-2-1-5-14-10/h6,9-10,14H,1-5,7-8H2,(H2,15,16,19). The second kappa shape index (κ2) is 5.21. The van der Waals surface area contributed by atoms with Crippen LogP contribution in [0.1, 0.15) is 36.2 Å². The molecule has 1 aromatic rings. The molecule has 2 aliphatic rings. The van der Waals surface area contributed by atoms with E-state index in [0.29, 0.717) is 17.7 Å². The van der Waals surface area contributed by atoms with E-state index in [0.717, 1.165) is 26.1 Å². The molecule has 1 aliphatic carbocycles. The van der Waals surface area contributed by atoms with Gasteiger partial charge < -0.3 is 20.2 Å². The Balaban J connectivity index is 1.69. The number of H-pyrrole nitrogens is 2. The van der Waals surface area contributed by atoms with Crippen molar-refractivity contribution in [3.63, 3.8) is 0 Å². The van der Waals surface area contributed by atoms with Crippen LogP contribution < -0.4 is 11.0 Å². The summed E-state index contributed by atoms with van der Waals surface area (Å²) in [5.74, 6) is 0.579. The highest BCUT2D eigenvalue weighted by Gasteiger charge is 2.30. The molecular weight excluding hydrogens is 244 g/mol. The maximum absolute atomic E-state index is 12.4. The SMILES string of the molecule is O=C(c1c[nH]c(=O)[nH]1)N(CC1CC1)CC1CCCN1. The minimum atomic E-state index is -0.325. The number of nitrogens with one attached hydrogen (secondary N) is 3. The predicted octanol–water partition coefficient (Wildman–Crippen LogP) is 0.307. The lowest BCUT2D eigenvalue weighted by Crippen LogP contribution is -2.42. The van der Waals surface area contributed by atoms with Gasteiger partial charge in [-0.25, -0.2) is 4.79 Å². The third kappa shape index (κ3) is 3.07. The van der Waals surface area contributed by atoms with Crippen molar-refractivity contribution in [3.8, 4) is 0 Å². The van der Waals surface area contributed by atoms with E-state index in [-0.39, 0.29) is 11.6 Å². The summed E-state index contributed by atoms with van der Waals surface area (Å²) in [6.07, 6.45) is 6.19. The van der Waals surface area contributed by atoms with Crippen molar-refractivity contribution in [3.05, 3.63) is 22.4 Å². The van der Waals surface area contributed by atoms with E-state index < -0.39 is 0 Å². The number of amides is 1. The Labute approximate surface area is 111 Å². The summed E-state index contributed by atoms with van der Waals surface area (Å²) in [5, 5.41) is 3.42. The fraction of sp³-hybridized carbons (Fsp3) is 0.692. The molecule has 2 heterocycles. The van der Waals surface area contributed by atoms with E-state index in [4.69, 9.17) is 0 Å². The zero-order valence-electron chi connectivity index (χ0n) is 10.9. The lowest BCUT2D eigenvalue weighted by molar-refractivity contribution is 0.0728. The van der Waals surface area contributed by atoms with Crippen molar-refractivity contribution in [2.24, 2.45) is 5.92 Å². The molecule has 1 unspecified atom stereocenters. The molecule has 1 aliphatic heterocycles. The van der Waals surface area contributed by atoms with Crippen molar-refractivity contribution < 1.29 is 4.79 Å². The van der Waals surface area contributed by atoms with Gasteiger partial charge in [-0.1, -0.05) is 0 Å². The lowest BCUT2D eigenvalue weighted by Gasteiger charge is -2.25. The average molecular weight is 264 g/mol. The first kappa shape index (κ1) is 12.5. The Bertz CT molecular complexity index is 497. The fourth-order valence-corrected chi connectivity index (χ4v) is 2.65. The molecule has 0 spiro atoms. The van der Waals surface area contributed by atoms with Gasteiger partial charge in [0.25, 0.3) is 5.91 Å². The first-order chi connectivity index (χ1) is 9.22. The van der Waals surface area contributed by atoms with Gasteiger partial charge in [0.05, 0.1) is 0 Å².